The Hall–Kier alpha value is -1.38. The lowest BCUT2D eigenvalue weighted by Crippen LogP contribution is -2.38. The zero-order chi connectivity index (χ0) is 18.2. The molecular formula is C17H22N2O4S2. The molecule has 0 aromatic heterocycles. The summed E-state index contributed by atoms with van der Waals surface area (Å²) in [6.07, 6.45) is 0. The number of amidine groups is 1. The fourth-order valence-corrected chi connectivity index (χ4v) is 7.23. The molecule has 0 saturated carbocycles. The van der Waals surface area contributed by atoms with Gasteiger partial charge in [-0.1, -0.05) is 43.8 Å². The Kier molecular flexibility index (Phi) is 5.22. The molecule has 1 aromatic carbocycles. The van der Waals surface area contributed by atoms with Crippen LogP contribution in [0.15, 0.2) is 29.3 Å². The van der Waals surface area contributed by atoms with Gasteiger partial charge in [0.25, 0.3) is 5.91 Å². The lowest BCUT2D eigenvalue weighted by Gasteiger charge is -2.28. The van der Waals surface area contributed by atoms with Gasteiger partial charge >= 0.3 is 0 Å². The van der Waals surface area contributed by atoms with Crippen molar-refractivity contribution >= 4 is 38.4 Å². The third kappa shape index (κ3) is 3.75. The van der Waals surface area contributed by atoms with Crippen LogP contribution in [0, 0.1) is 0 Å². The van der Waals surface area contributed by atoms with E-state index in [1.54, 1.807) is 0 Å². The first-order valence-corrected chi connectivity index (χ1v) is 10.9. The number of sulfone groups is 1. The van der Waals surface area contributed by atoms with Crippen LogP contribution in [0.2, 0.25) is 0 Å². The van der Waals surface area contributed by atoms with Crippen molar-refractivity contribution in [1.82, 2.24) is 0 Å². The topological polar surface area (TPSA) is 76.0 Å². The number of aliphatic imine (C=N–C) groups is 1. The number of carbonyl (C=O) groups is 1. The summed E-state index contributed by atoms with van der Waals surface area (Å²) in [5, 5.41) is 0.472. The van der Waals surface area contributed by atoms with E-state index in [-0.39, 0.29) is 41.2 Å². The molecule has 6 nitrogen and oxygen atoms in total. The Balaban J connectivity index is 2.06. The number of fused-ring (bicyclic) bond motifs is 1. The van der Waals surface area contributed by atoms with Crippen molar-refractivity contribution in [3.05, 3.63) is 29.8 Å². The van der Waals surface area contributed by atoms with Crippen LogP contribution in [0.5, 0.6) is 0 Å². The van der Waals surface area contributed by atoms with E-state index >= 15 is 0 Å². The summed E-state index contributed by atoms with van der Waals surface area (Å²) in [5.74, 6) is 0.128. The van der Waals surface area contributed by atoms with Gasteiger partial charge in [-0.2, -0.15) is 4.99 Å². The first kappa shape index (κ1) is 18.4. The maximum Gasteiger partial charge on any atom is 0.274 e. The summed E-state index contributed by atoms with van der Waals surface area (Å²) in [4.78, 5) is 18.1. The molecule has 2 aliphatic rings. The summed E-state index contributed by atoms with van der Waals surface area (Å²) in [6.45, 7) is 4.10. The molecule has 2 aliphatic heterocycles. The largest absolute Gasteiger partial charge is 0.375 e. The van der Waals surface area contributed by atoms with E-state index in [4.69, 9.17) is 4.74 Å². The molecule has 0 N–H and O–H groups in total. The fraction of sp³-hybridized carbons (Fsp3) is 0.529. The second kappa shape index (κ2) is 7.09. The van der Waals surface area contributed by atoms with Gasteiger partial charge in [0.15, 0.2) is 15.0 Å². The van der Waals surface area contributed by atoms with Gasteiger partial charge < -0.3 is 9.64 Å². The molecule has 0 spiro atoms. The van der Waals surface area contributed by atoms with E-state index < -0.39 is 9.84 Å². The van der Waals surface area contributed by atoms with Crippen LogP contribution < -0.4 is 4.90 Å². The predicted molar refractivity (Wildman–Crippen MR) is 101 cm³/mol. The molecule has 3 rings (SSSR count). The lowest BCUT2D eigenvalue weighted by atomic mass is 9.99. The van der Waals surface area contributed by atoms with Gasteiger partial charge in [0, 0.05) is 18.0 Å². The molecule has 25 heavy (non-hydrogen) atoms. The molecule has 0 radical (unpaired) electrons. The van der Waals surface area contributed by atoms with Crippen LogP contribution in [0.25, 0.3) is 0 Å². The van der Waals surface area contributed by atoms with Crippen molar-refractivity contribution in [3.63, 3.8) is 0 Å². The van der Waals surface area contributed by atoms with E-state index in [0.29, 0.717) is 5.17 Å². The first-order chi connectivity index (χ1) is 11.8. The molecule has 2 fully saturated rings. The van der Waals surface area contributed by atoms with Crippen molar-refractivity contribution in [3.8, 4) is 0 Å². The monoisotopic (exact) mass is 382 g/mol. The quantitative estimate of drug-likeness (QED) is 0.793. The molecule has 2 saturated heterocycles. The number of amides is 1. The number of thioether (sulfide) groups is 1. The second-order valence-electron chi connectivity index (χ2n) is 6.61. The zero-order valence-electron chi connectivity index (χ0n) is 14.5. The number of hydrogen-bond donors (Lipinski definition) is 0. The van der Waals surface area contributed by atoms with Crippen LogP contribution in [-0.4, -0.2) is 56.0 Å². The van der Waals surface area contributed by atoms with Gasteiger partial charge in [-0.25, -0.2) is 8.42 Å². The van der Waals surface area contributed by atoms with E-state index in [1.807, 2.05) is 29.2 Å². The van der Waals surface area contributed by atoms with Crippen molar-refractivity contribution in [2.24, 2.45) is 4.99 Å². The van der Waals surface area contributed by atoms with Crippen molar-refractivity contribution in [2.45, 2.75) is 31.1 Å². The van der Waals surface area contributed by atoms with E-state index in [0.717, 1.165) is 11.3 Å². The van der Waals surface area contributed by atoms with E-state index in [2.05, 4.69) is 18.8 Å². The number of carbonyl (C=O) groups excluding carboxylic acids is 1. The number of benzene rings is 1. The third-order valence-corrected chi connectivity index (χ3v) is 7.58. The molecule has 2 heterocycles. The van der Waals surface area contributed by atoms with Crippen molar-refractivity contribution < 1.29 is 17.9 Å². The number of nitrogens with zero attached hydrogens (tertiary/aromatic N) is 2. The van der Waals surface area contributed by atoms with Gasteiger partial charge in [-0.15, -0.1) is 0 Å². The number of para-hydroxylation sites is 1. The highest BCUT2D eigenvalue weighted by molar-refractivity contribution is 8.16. The lowest BCUT2D eigenvalue weighted by molar-refractivity contribution is -0.121. The van der Waals surface area contributed by atoms with Gasteiger partial charge in [0.2, 0.25) is 0 Å². The van der Waals surface area contributed by atoms with Gasteiger partial charge in [-0.3, -0.25) is 4.79 Å². The highest BCUT2D eigenvalue weighted by atomic mass is 32.2. The summed E-state index contributed by atoms with van der Waals surface area (Å²) in [5.41, 5.74) is 2.04. The smallest absolute Gasteiger partial charge is 0.274 e. The predicted octanol–water partition coefficient (Wildman–Crippen LogP) is 2.06. The summed E-state index contributed by atoms with van der Waals surface area (Å²) >= 11 is 1.38. The van der Waals surface area contributed by atoms with Crippen molar-refractivity contribution in [2.75, 3.05) is 30.1 Å². The normalized spacial score (nSPS) is 26.4. The fourth-order valence-electron chi connectivity index (χ4n) is 3.30. The number of ether oxygens (including phenoxy) is 1. The minimum absolute atomic E-state index is 0.0860. The molecule has 8 heteroatoms. The number of hydrogen-bond acceptors (Lipinski definition) is 5. The SMILES string of the molecule is COCC(=O)N=C1S[C@H]2CS(=O)(=O)C[C@H]2N1c1ccccc1C(C)C. The Bertz CT molecular complexity index is 805. The van der Waals surface area contributed by atoms with Crippen LogP contribution in [-0.2, 0) is 19.4 Å². The summed E-state index contributed by atoms with van der Waals surface area (Å²) < 4.78 is 29.1. The van der Waals surface area contributed by atoms with Gasteiger partial charge in [-0.05, 0) is 17.5 Å². The molecule has 1 amide bonds. The molecule has 2 atom stereocenters. The average molecular weight is 383 g/mol. The summed E-state index contributed by atoms with van der Waals surface area (Å²) in [6, 6.07) is 7.72. The Labute approximate surface area is 152 Å². The van der Waals surface area contributed by atoms with Crippen LogP contribution in [0.1, 0.15) is 25.3 Å². The van der Waals surface area contributed by atoms with Gasteiger partial charge in [0.05, 0.1) is 17.5 Å². The molecule has 1 aromatic rings. The number of anilines is 1. The molecular weight excluding hydrogens is 360 g/mol. The van der Waals surface area contributed by atoms with Crippen LogP contribution in [0.3, 0.4) is 0 Å². The highest BCUT2D eigenvalue weighted by Crippen LogP contribution is 2.43. The molecule has 0 bridgehead atoms. The second-order valence-corrected chi connectivity index (χ2v) is 9.97. The average Bonchev–Trinajstić information content (AvgIpc) is 2.98. The first-order valence-electron chi connectivity index (χ1n) is 8.18. The Morgan fingerprint density at radius 2 is 2.08 bits per heavy atom. The standard InChI is InChI=1S/C17H22N2O4S2/c1-11(2)12-6-4-5-7-13(12)19-14-9-25(21,22)10-15(14)24-17(19)18-16(20)8-23-3/h4-7,11,14-15H,8-10H2,1-3H3/t14-,15+/m1/s1. The molecule has 136 valence electrons. The van der Waals surface area contributed by atoms with Gasteiger partial charge in [0.1, 0.15) is 6.61 Å². The minimum atomic E-state index is -3.07. The van der Waals surface area contributed by atoms with E-state index in [1.165, 1.54) is 18.9 Å². The zero-order valence-corrected chi connectivity index (χ0v) is 16.1. The third-order valence-electron chi connectivity index (χ3n) is 4.37. The highest BCUT2D eigenvalue weighted by Gasteiger charge is 2.49. The van der Waals surface area contributed by atoms with Crippen molar-refractivity contribution in [1.29, 1.82) is 0 Å². The minimum Gasteiger partial charge on any atom is -0.375 e. The summed E-state index contributed by atoms with van der Waals surface area (Å²) in [7, 11) is -1.62. The van der Waals surface area contributed by atoms with Crippen LogP contribution in [0.4, 0.5) is 5.69 Å². The number of rotatable bonds is 4. The van der Waals surface area contributed by atoms with E-state index in [9.17, 15) is 13.2 Å². The Morgan fingerprint density at radius 3 is 2.76 bits per heavy atom. The molecule has 0 unspecified atom stereocenters. The molecule has 0 aliphatic carbocycles. The maximum absolute atomic E-state index is 12.1. The van der Waals surface area contributed by atoms with Crippen LogP contribution >= 0.6 is 11.8 Å². The Morgan fingerprint density at radius 1 is 1.36 bits per heavy atom. The number of methoxy groups -OCH3 is 1. The maximum atomic E-state index is 12.1.